The molecule has 0 atom stereocenters. The van der Waals surface area contributed by atoms with Crippen LogP contribution < -0.4 is 11.5 Å². The number of benzene rings is 1. The minimum atomic E-state index is -0.472. The summed E-state index contributed by atoms with van der Waals surface area (Å²) in [5.41, 5.74) is 11.4. The van der Waals surface area contributed by atoms with Crippen molar-refractivity contribution in [1.82, 2.24) is 0 Å². The van der Waals surface area contributed by atoms with Crippen LogP contribution in [0.5, 0.6) is 0 Å². The lowest BCUT2D eigenvalue weighted by Gasteiger charge is -1.99. The van der Waals surface area contributed by atoms with Crippen molar-refractivity contribution in [2.24, 2.45) is 5.73 Å². The summed E-state index contributed by atoms with van der Waals surface area (Å²) in [6, 6.07) is 4.71. The van der Waals surface area contributed by atoms with Gasteiger partial charge in [-0.3, -0.25) is 4.79 Å². The largest absolute Gasteiger partial charge is 0.398 e. The zero-order chi connectivity index (χ0) is 8.43. The molecule has 0 fully saturated rings. The van der Waals surface area contributed by atoms with Crippen LogP contribution in [-0.4, -0.2) is 5.91 Å². The molecule has 0 aliphatic heterocycles. The third kappa shape index (κ3) is 1.65. The van der Waals surface area contributed by atoms with Crippen molar-refractivity contribution in [3.05, 3.63) is 23.8 Å². The van der Waals surface area contributed by atoms with Crippen LogP contribution in [0.3, 0.4) is 0 Å². The van der Waals surface area contributed by atoms with E-state index in [1.807, 2.05) is 0 Å². The van der Waals surface area contributed by atoms with Gasteiger partial charge in [0.2, 0.25) is 5.91 Å². The maximum atomic E-state index is 10.6. The normalized spacial score (nSPS) is 9.55. The summed E-state index contributed by atoms with van der Waals surface area (Å²) in [6.07, 6.45) is 0. The fraction of sp³-hybridized carbons (Fsp3) is 0. The molecular weight excluding hydrogens is 160 g/mol. The zero-order valence-corrected chi connectivity index (χ0v) is 6.64. The number of hydrogen-bond acceptors (Lipinski definition) is 3. The Bertz CT molecular complexity index is 298. The van der Waals surface area contributed by atoms with Crippen LogP contribution in [-0.2, 0) is 0 Å². The van der Waals surface area contributed by atoms with Crippen LogP contribution in [0.2, 0.25) is 0 Å². The highest BCUT2D eigenvalue weighted by molar-refractivity contribution is 7.80. The summed E-state index contributed by atoms with van der Waals surface area (Å²) in [5.74, 6) is -0.472. The van der Waals surface area contributed by atoms with Crippen molar-refractivity contribution < 1.29 is 4.79 Å². The molecule has 0 saturated carbocycles. The van der Waals surface area contributed by atoms with Crippen molar-refractivity contribution in [3.63, 3.8) is 0 Å². The Kier molecular flexibility index (Phi) is 2.05. The Morgan fingerprint density at radius 3 is 2.55 bits per heavy atom. The van der Waals surface area contributed by atoms with E-state index in [4.69, 9.17) is 11.5 Å². The number of nitrogens with two attached hydrogens (primary N) is 2. The monoisotopic (exact) mass is 168 g/mol. The van der Waals surface area contributed by atoms with E-state index < -0.39 is 5.91 Å². The van der Waals surface area contributed by atoms with Gasteiger partial charge in [-0.1, -0.05) is 0 Å². The topological polar surface area (TPSA) is 69.1 Å². The molecule has 4 heteroatoms. The van der Waals surface area contributed by atoms with Crippen molar-refractivity contribution in [2.75, 3.05) is 5.73 Å². The Morgan fingerprint density at radius 1 is 1.45 bits per heavy atom. The van der Waals surface area contributed by atoms with Gasteiger partial charge in [-0.25, -0.2) is 0 Å². The van der Waals surface area contributed by atoms with E-state index in [0.29, 0.717) is 16.1 Å². The zero-order valence-electron chi connectivity index (χ0n) is 5.74. The highest BCUT2D eigenvalue weighted by atomic mass is 32.1. The Labute approximate surface area is 69.8 Å². The average molecular weight is 168 g/mol. The van der Waals surface area contributed by atoms with Gasteiger partial charge in [-0.15, -0.1) is 12.6 Å². The predicted molar refractivity (Wildman–Crippen MR) is 46.6 cm³/mol. The molecular formula is C7H8N2OS. The Morgan fingerprint density at radius 2 is 2.09 bits per heavy atom. The van der Waals surface area contributed by atoms with E-state index in [9.17, 15) is 4.79 Å². The van der Waals surface area contributed by atoms with Gasteiger partial charge in [0.25, 0.3) is 0 Å². The third-order valence-corrected chi connectivity index (χ3v) is 1.70. The molecule has 1 amide bonds. The molecule has 0 heterocycles. The molecule has 0 unspecified atom stereocenters. The van der Waals surface area contributed by atoms with Crippen molar-refractivity contribution in [1.29, 1.82) is 0 Å². The molecule has 11 heavy (non-hydrogen) atoms. The van der Waals surface area contributed by atoms with Gasteiger partial charge in [0, 0.05) is 16.1 Å². The Balaban J connectivity index is 3.15. The van der Waals surface area contributed by atoms with E-state index in [0.717, 1.165) is 0 Å². The maximum absolute atomic E-state index is 10.6. The van der Waals surface area contributed by atoms with Crippen LogP contribution in [0, 0.1) is 0 Å². The van der Waals surface area contributed by atoms with Gasteiger partial charge < -0.3 is 11.5 Å². The maximum Gasteiger partial charge on any atom is 0.248 e. The van der Waals surface area contributed by atoms with E-state index in [-0.39, 0.29) is 0 Å². The van der Waals surface area contributed by atoms with Crippen LogP contribution in [0.1, 0.15) is 10.4 Å². The smallest absolute Gasteiger partial charge is 0.248 e. The molecule has 0 aliphatic rings. The SMILES string of the molecule is NC(=O)c1ccc(N)c(S)c1. The van der Waals surface area contributed by atoms with Gasteiger partial charge in [-0.2, -0.15) is 0 Å². The molecule has 0 radical (unpaired) electrons. The third-order valence-electron chi connectivity index (χ3n) is 1.31. The van der Waals surface area contributed by atoms with Crippen molar-refractivity contribution in [2.45, 2.75) is 4.90 Å². The highest BCUT2D eigenvalue weighted by Crippen LogP contribution is 2.17. The average Bonchev–Trinajstić information content (AvgIpc) is 1.94. The van der Waals surface area contributed by atoms with Crippen LogP contribution in [0.15, 0.2) is 23.1 Å². The van der Waals surface area contributed by atoms with Gasteiger partial charge in [0.1, 0.15) is 0 Å². The molecule has 4 N–H and O–H groups in total. The molecule has 58 valence electrons. The summed E-state index contributed by atoms with van der Waals surface area (Å²) >= 11 is 4.03. The van der Waals surface area contributed by atoms with Gasteiger partial charge >= 0.3 is 0 Å². The molecule has 0 aliphatic carbocycles. The summed E-state index contributed by atoms with van der Waals surface area (Å²) in [5, 5.41) is 0. The first-order valence-corrected chi connectivity index (χ1v) is 3.44. The van der Waals surface area contributed by atoms with Gasteiger partial charge in [0.05, 0.1) is 0 Å². The fourth-order valence-corrected chi connectivity index (χ4v) is 0.911. The number of carbonyl (C=O) groups excluding carboxylic acids is 1. The minimum absolute atomic E-state index is 0.421. The molecule has 1 aromatic carbocycles. The molecule has 0 aromatic heterocycles. The van der Waals surface area contributed by atoms with E-state index >= 15 is 0 Å². The number of anilines is 1. The highest BCUT2D eigenvalue weighted by Gasteiger charge is 2.01. The number of carbonyl (C=O) groups is 1. The number of hydrogen-bond donors (Lipinski definition) is 3. The molecule has 0 bridgehead atoms. The first-order chi connectivity index (χ1) is 5.11. The fourth-order valence-electron chi connectivity index (χ4n) is 0.697. The molecule has 1 aromatic rings. The number of thiol groups is 1. The molecule has 1 rings (SSSR count). The summed E-state index contributed by atoms with van der Waals surface area (Å²) in [6.45, 7) is 0. The van der Waals surface area contributed by atoms with Crippen LogP contribution in [0.25, 0.3) is 0 Å². The van der Waals surface area contributed by atoms with Crippen LogP contribution in [0.4, 0.5) is 5.69 Å². The van der Waals surface area contributed by atoms with Gasteiger partial charge in [-0.05, 0) is 18.2 Å². The lowest BCUT2D eigenvalue weighted by molar-refractivity contribution is 0.1000. The second kappa shape index (κ2) is 2.84. The Hall–Kier alpha value is -1.16. The second-order valence-corrected chi connectivity index (χ2v) is 2.62. The second-order valence-electron chi connectivity index (χ2n) is 2.14. The number of primary amides is 1. The van der Waals surface area contributed by atoms with Gasteiger partial charge in [0.15, 0.2) is 0 Å². The lowest BCUT2D eigenvalue weighted by Crippen LogP contribution is -2.10. The first kappa shape index (κ1) is 7.94. The molecule has 3 nitrogen and oxygen atoms in total. The number of nitrogen functional groups attached to an aromatic ring is 1. The van der Waals surface area contributed by atoms with E-state index in [2.05, 4.69) is 12.6 Å². The molecule has 0 spiro atoms. The summed E-state index contributed by atoms with van der Waals surface area (Å²) in [7, 11) is 0. The summed E-state index contributed by atoms with van der Waals surface area (Å²) in [4.78, 5) is 11.2. The van der Waals surface area contributed by atoms with E-state index in [1.165, 1.54) is 0 Å². The lowest BCUT2D eigenvalue weighted by atomic mass is 10.2. The van der Waals surface area contributed by atoms with Crippen LogP contribution >= 0.6 is 12.6 Å². The van der Waals surface area contributed by atoms with Crippen molar-refractivity contribution in [3.8, 4) is 0 Å². The standard InChI is InChI=1S/C7H8N2OS/c8-5-2-1-4(7(9)10)3-6(5)11/h1-3,11H,8H2,(H2,9,10). The minimum Gasteiger partial charge on any atom is -0.398 e. The molecule has 0 saturated heterocycles. The number of amides is 1. The quantitative estimate of drug-likeness (QED) is 0.426. The summed E-state index contributed by atoms with van der Waals surface area (Å²) < 4.78 is 0. The first-order valence-electron chi connectivity index (χ1n) is 2.99. The van der Waals surface area contributed by atoms with Crippen molar-refractivity contribution >= 4 is 24.2 Å². The van der Waals surface area contributed by atoms with E-state index in [1.54, 1.807) is 18.2 Å². The predicted octanol–water partition coefficient (Wildman–Crippen LogP) is 0.656. The number of rotatable bonds is 1.